The number of carbonyl (C=O) groups excluding carboxylic acids is 1. The van der Waals surface area contributed by atoms with E-state index in [4.69, 9.17) is 10.8 Å². The molecule has 90 valence electrons. The Labute approximate surface area is 94.6 Å². The summed E-state index contributed by atoms with van der Waals surface area (Å²) in [4.78, 5) is 24.1. The molecule has 0 aromatic rings. The topological polar surface area (TPSA) is 83.6 Å². The van der Waals surface area contributed by atoms with E-state index in [9.17, 15) is 9.59 Å². The maximum absolute atomic E-state index is 12.0. The molecule has 2 aliphatic rings. The zero-order valence-corrected chi connectivity index (χ0v) is 9.32. The molecular weight excluding hydrogens is 208 g/mol. The number of aliphatic carboxylic acids is 1. The first-order valence-electron chi connectivity index (χ1n) is 5.80. The van der Waals surface area contributed by atoms with Crippen LogP contribution in [0, 0.1) is 0 Å². The molecule has 0 spiro atoms. The van der Waals surface area contributed by atoms with Gasteiger partial charge in [0.25, 0.3) is 0 Å². The number of hydrogen-bond acceptors (Lipinski definition) is 3. The van der Waals surface area contributed by atoms with Gasteiger partial charge in [0.2, 0.25) is 5.91 Å². The van der Waals surface area contributed by atoms with Crippen molar-refractivity contribution in [1.29, 1.82) is 0 Å². The molecule has 1 amide bonds. The van der Waals surface area contributed by atoms with Crippen LogP contribution >= 0.6 is 0 Å². The maximum atomic E-state index is 12.0. The van der Waals surface area contributed by atoms with E-state index >= 15 is 0 Å². The lowest BCUT2D eigenvalue weighted by Crippen LogP contribution is -2.51. The van der Waals surface area contributed by atoms with Crippen LogP contribution in [-0.4, -0.2) is 40.0 Å². The molecule has 2 saturated carbocycles. The highest BCUT2D eigenvalue weighted by molar-refractivity contribution is 5.82. The van der Waals surface area contributed by atoms with Crippen LogP contribution in [0.4, 0.5) is 0 Å². The first-order chi connectivity index (χ1) is 7.50. The van der Waals surface area contributed by atoms with Gasteiger partial charge in [-0.3, -0.25) is 9.59 Å². The molecule has 16 heavy (non-hydrogen) atoms. The average molecular weight is 226 g/mol. The van der Waals surface area contributed by atoms with Crippen LogP contribution in [0.1, 0.15) is 38.5 Å². The third-order valence-electron chi connectivity index (χ3n) is 3.47. The Kier molecular flexibility index (Phi) is 2.88. The first kappa shape index (κ1) is 11.4. The van der Waals surface area contributed by atoms with E-state index in [2.05, 4.69) is 0 Å². The lowest BCUT2D eigenvalue weighted by atomic mass is 9.75. The number of nitrogens with zero attached hydrogens (tertiary/aromatic N) is 1. The van der Waals surface area contributed by atoms with Crippen molar-refractivity contribution in [1.82, 2.24) is 4.90 Å². The van der Waals surface area contributed by atoms with Crippen molar-refractivity contribution >= 4 is 11.9 Å². The summed E-state index contributed by atoms with van der Waals surface area (Å²) in [5, 5.41) is 8.75. The van der Waals surface area contributed by atoms with Crippen molar-refractivity contribution in [3.63, 3.8) is 0 Å². The van der Waals surface area contributed by atoms with Crippen LogP contribution in [0.25, 0.3) is 0 Å². The minimum atomic E-state index is -0.945. The van der Waals surface area contributed by atoms with E-state index in [1.165, 1.54) is 4.90 Å². The van der Waals surface area contributed by atoms with Gasteiger partial charge in [-0.15, -0.1) is 0 Å². The molecule has 2 fully saturated rings. The summed E-state index contributed by atoms with van der Waals surface area (Å²) < 4.78 is 0. The lowest BCUT2D eigenvalue weighted by molar-refractivity contribution is -0.145. The molecule has 5 nitrogen and oxygen atoms in total. The number of carbonyl (C=O) groups is 2. The average Bonchev–Trinajstić information content (AvgIpc) is 2.94. The summed E-state index contributed by atoms with van der Waals surface area (Å²) in [6.07, 6.45) is 4.99. The fraction of sp³-hybridized carbons (Fsp3) is 0.818. The summed E-state index contributed by atoms with van der Waals surface area (Å²) in [6.45, 7) is -0.181. The Bertz CT molecular complexity index is 308. The first-order valence-corrected chi connectivity index (χ1v) is 5.80. The van der Waals surface area contributed by atoms with Crippen molar-refractivity contribution in [2.45, 2.75) is 50.1 Å². The molecule has 2 aliphatic carbocycles. The summed E-state index contributed by atoms with van der Waals surface area (Å²) in [5.74, 6) is -1.04. The molecule has 3 N–H and O–H groups in total. The maximum Gasteiger partial charge on any atom is 0.323 e. The van der Waals surface area contributed by atoms with Crippen LogP contribution in [0.5, 0.6) is 0 Å². The van der Waals surface area contributed by atoms with Crippen LogP contribution < -0.4 is 5.73 Å². The molecule has 0 aromatic carbocycles. The number of carboxylic acids is 1. The van der Waals surface area contributed by atoms with Crippen molar-refractivity contribution in [3.05, 3.63) is 0 Å². The smallest absolute Gasteiger partial charge is 0.323 e. The lowest BCUT2D eigenvalue weighted by Gasteiger charge is -2.38. The second kappa shape index (κ2) is 4.05. The van der Waals surface area contributed by atoms with Crippen molar-refractivity contribution < 1.29 is 14.7 Å². The monoisotopic (exact) mass is 226 g/mol. The van der Waals surface area contributed by atoms with Crippen LogP contribution in [-0.2, 0) is 9.59 Å². The number of carboxylic acid groups (broad SMARTS) is 1. The highest BCUT2D eigenvalue weighted by atomic mass is 16.4. The minimum Gasteiger partial charge on any atom is -0.480 e. The normalized spacial score (nSPS) is 22.3. The fourth-order valence-electron chi connectivity index (χ4n) is 2.16. The fourth-order valence-corrected chi connectivity index (χ4v) is 2.16. The Morgan fingerprint density at radius 2 is 2.00 bits per heavy atom. The van der Waals surface area contributed by atoms with Gasteiger partial charge in [0.05, 0.1) is 0 Å². The van der Waals surface area contributed by atoms with E-state index in [0.29, 0.717) is 6.42 Å². The Hall–Kier alpha value is -1.10. The van der Waals surface area contributed by atoms with Gasteiger partial charge in [0, 0.05) is 18.0 Å². The molecular formula is C11H18N2O3. The molecule has 0 radical (unpaired) electrons. The SMILES string of the molecule is NC1(CC(=O)N(CC(=O)O)C2CC2)CCC1. The Morgan fingerprint density at radius 1 is 1.38 bits per heavy atom. The molecule has 2 rings (SSSR count). The zero-order valence-electron chi connectivity index (χ0n) is 9.32. The molecule has 0 unspecified atom stereocenters. The van der Waals surface area contributed by atoms with Gasteiger partial charge in [0.15, 0.2) is 0 Å². The highest BCUT2D eigenvalue weighted by Crippen LogP contribution is 2.34. The molecule has 0 saturated heterocycles. The number of hydrogen-bond donors (Lipinski definition) is 2. The van der Waals surface area contributed by atoms with Crippen LogP contribution in [0.2, 0.25) is 0 Å². The predicted octanol–water partition coefficient (Wildman–Crippen LogP) is 0.333. The summed E-state index contributed by atoms with van der Waals surface area (Å²) in [7, 11) is 0. The number of amides is 1. The summed E-state index contributed by atoms with van der Waals surface area (Å²) in [6, 6.07) is 0.146. The quantitative estimate of drug-likeness (QED) is 0.707. The molecule has 0 atom stereocenters. The van der Waals surface area contributed by atoms with Gasteiger partial charge in [-0.25, -0.2) is 0 Å². The number of rotatable bonds is 5. The van der Waals surface area contributed by atoms with E-state index < -0.39 is 5.97 Å². The third-order valence-corrected chi connectivity index (χ3v) is 3.47. The zero-order chi connectivity index (χ0) is 11.8. The van der Waals surface area contributed by atoms with Crippen LogP contribution in [0.15, 0.2) is 0 Å². The minimum absolute atomic E-state index is 0.0906. The van der Waals surface area contributed by atoms with E-state index in [-0.39, 0.29) is 24.0 Å². The Morgan fingerprint density at radius 3 is 2.38 bits per heavy atom. The summed E-state index contributed by atoms with van der Waals surface area (Å²) in [5.41, 5.74) is 5.64. The van der Waals surface area contributed by atoms with Gasteiger partial charge in [-0.05, 0) is 32.1 Å². The molecule has 0 heterocycles. The molecule has 5 heteroatoms. The second-order valence-corrected chi connectivity index (χ2v) is 5.04. The van der Waals surface area contributed by atoms with Gasteiger partial charge >= 0.3 is 5.97 Å². The largest absolute Gasteiger partial charge is 0.480 e. The van der Waals surface area contributed by atoms with E-state index in [1.54, 1.807) is 0 Å². The highest BCUT2D eigenvalue weighted by Gasteiger charge is 2.40. The predicted molar refractivity (Wildman–Crippen MR) is 57.8 cm³/mol. The van der Waals surface area contributed by atoms with Crippen molar-refractivity contribution in [2.24, 2.45) is 5.73 Å². The second-order valence-electron chi connectivity index (χ2n) is 5.04. The van der Waals surface area contributed by atoms with E-state index in [0.717, 1.165) is 32.1 Å². The van der Waals surface area contributed by atoms with Crippen molar-refractivity contribution in [2.75, 3.05) is 6.54 Å². The summed E-state index contributed by atoms with van der Waals surface area (Å²) >= 11 is 0. The van der Waals surface area contributed by atoms with E-state index in [1.807, 2.05) is 0 Å². The standard InChI is InChI=1S/C11H18N2O3/c12-11(4-1-5-11)6-9(14)13(7-10(15)16)8-2-3-8/h8H,1-7,12H2,(H,15,16). The molecule has 0 aliphatic heterocycles. The molecule has 0 bridgehead atoms. The Balaban J connectivity index is 1.91. The van der Waals surface area contributed by atoms with Gasteiger partial charge in [0.1, 0.15) is 6.54 Å². The van der Waals surface area contributed by atoms with Crippen molar-refractivity contribution in [3.8, 4) is 0 Å². The van der Waals surface area contributed by atoms with Gasteiger partial charge < -0.3 is 15.7 Å². The van der Waals surface area contributed by atoms with Crippen LogP contribution in [0.3, 0.4) is 0 Å². The third kappa shape index (κ3) is 2.52. The van der Waals surface area contributed by atoms with Gasteiger partial charge in [-0.1, -0.05) is 0 Å². The number of nitrogens with two attached hydrogens (primary N) is 1. The van der Waals surface area contributed by atoms with Gasteiger partial charge in [-0.2, -0.15) is 0 Å². The molecule has 0 aromatic heterocycles.